The molecule has 2 aromatic rings. The molecule has 0 saturated heterocycles. The fourth-order valence-corrected chi connectivity index (χ4v) is 1.55. The van der Waals surface area contributed by atoms with Gasteiger partial charge in [0.05, 0.1) is 0 Å². The second kappa shape index (κ2) is 3.02. The highest BCUT2D eigenvalue weighted by molar-refractivity contribution is 5.97. The normalized spacial score (nSPS) is 10.8. The van der Waals surface area contributed by atoms with E-state index in [4.69, 9.17) is 9.52 Å². The van der Waals surface area contributed by atoms with E-state index in [1.54, 1.807) is 6.92 Å². The first kappa shape index (κ1) is 9.58. The van der Waals surface area contributed by atoms with Gasteiger partial charge >= 0.3 is 5.97 Å². The predicted molar refractivity (Wildman–Crippen MR) is 54.3 cm³/mol. The molecule has 0 fully saturated rings. The minimum absolute atomic E-state index is 0.142. The van der Waals surface area contributed by atoms with Gasteiger partial charge in [-0.25, -0.2) is 4.79 Å². The monoisotopic (exact) mass is 206 g/mol. The van der Waals surface area contributed by atoms with E-state index in [0.717, 1.165) is 16.7 Å². The van der Waals surface area contributed by atoms with Gasteiger partial charge < -0.3 is 14.6 Å². The minimum Gasteiger partial charge on any atom is -0.507 e. The molecule has 0 atom stereocenters. The Morgan fingerprint density at radius 3 is 2.60 bits per heavy atom. The SMILES string of the molecule is Cc1oc2cc(C(=O)O)c(O)cc2c1C. The highest BCUT2D eigenvalue weighted by Gasteiger charge is 2.15. The number of hydrogen-bond acceptors (Lipinski definition) is 3. The molecule has 4 heteroatoms. The Morgan fingerprint density at radius 1 is 1.33 bits per heavy atom. The topological polar surface area (TPSA) is 70.7 Å². The van der Waals surface area contributed by atoms with Crippen LogP contribution in [0.2, 0.25) is 0 Å². The molecule has 2 rings (SSSR count). The van der Waals surface area contributed by atoms with Crippen LogP contribution >= 0.6 is 0 Å². The van der Waals surface area contributed by atoms with E-state index in [1.165, 1.54) is 12.1 Å². The largest absolute Gasteiger partial charge is 0.507 e. The summed E-state index contributed by atoms with van der Waals surface area (Å²) in [6.07, 6.45) is 0. The van der Waals surface area contributed by atoms with Gasteiger partial charge in [-0.05, 0) is 31.5 Å². The van der Waals surface area contributed by atoms with Crippen LogP contribution in [-0.2, 0) is 0 Å². The van der Waals surface area contributed by atoms with E-state index in [2.05, 4.69) is 0 Å². The molecule has 0 radical (unpaired) electrons. The lowest BCUT2D eigenvalue weighted by atomic mass is 10.1. The van der Waals surface area contributed by atoms with Gasteiger partial charge in [0.1, 0.15) is 22.7 Å². The maximum absolute atomic E-state index is 10.8. The summed E-state index contributed by atoms with van der Waals surface area (Å²) >= 11 is 0. The Labute approximate surface area is 85.8 Å². The second-order valence-electron chi connectivity index (χ2n) is 3.45. The predicted octanol–water partition coefficient (Wildman–Crippen LogP) is 2.45. The van der Waals surface area contributed by atoms with E-state index in [0.29, 0.717) is 5.58 Å². The number of fused-ring (bicyclic) bond motifs is 1. The van der Waals surface area contributed by atoms with Gasteiger partial charge in [0.15, 0.2) is 0 Å². The molecule has 2 N–H and O–H groups in total. The summed E-state index contributed by atoms with van der Waals surface area (Å²) in [6.45, 7) is 3.66. The zero-order valence-corrected chi connectivity index (χ0v) is 8.37. The second-order valence-corrected chi connectivity index (χ2v) is 3.45. The van der Waals surface area contributed by atoms with Gasteiger partial charge in [-0.1, -0.05) is 0 Å². The molecule has 0 bridgehead atoms. The molecule has 15 heavy (non-hydrogen) atoms. The van der Waals surface area contributed by atoms with Crippen molar-refractivity contribution in [2.45, 2.75) is 13.8 Å². The molecule has 4 nitrogen and oxygen atoms in total. The Kier molecular flexibility index (Phi) is 1.93. The van der Waals surface area contributed by atoms with Crippen molar-refractivity contribution in [3.63, 3.8) is 0 Å². The Morgan fingerprint density at radius 2 is 2.00 bits per heavy atom. The smallest absolute Gasteiger partial charge is 0.339 e. The highest BCUT2D eigenvalue weighted by atomic mass is 16.4. The van der Waals surface area contributed by atoms with Crippen LogP contribution in [0.4, 0.5) is 0 Å². The van der Waals surface area contributed by atoms with Gasteiger partial charge in [0.2, 0.25) is 0 Å². The maximum Gasteiger partial charge on any atom is 0.339 e. The number of aromatic hydroxyl groups is 1. The number of carboxylic acids is 1. The zero-order chi connectivity index (χ0) is 11.2. The van der Waals surface area contributed by atoms with Crippen LogP contribution in [0, 0.1) is 13.8 Å². The lowest BCUT2D eigenvalue weighted by Gasteiger charge is -1.98. The van der Waals surface area contributed by atoms with Crippen molar-refractivity contribution in [1.29, 1.82) is 0 Å². The zero-order valence-electron chi connectivity index (χ0n) is 8.37. The van der Waals surface area contributed by atoms with Gasteiger partial charge in [-0.2, -0.15) is 0 Å². The summed E-state index contributed by atoms with van der Waals surface area (Å²) in [5.74, 6) is -0.674. The molecule has 1 aromatic heterocycles. The van der Waals surface area contributed by atoms with E-state index in [9.17, 15) is 9.90 Å². The first-order valence-corrected chi connectivity index (χ1v) is 4.46. The number of aromatic carboxylic acids is 1. The number of furan rings is 1. The van der Waals surface area contributed by atoms with E-state index < -0.39 is 5.97 Å². The first-order chi connectivity index (χ1) is 7.00. The molecule has 0 spiro atoms. The molecule has 0 aliphatic rings. The van der Waals surface area contributed by atoms with Crippen molar-refractivity contribution in [1.82, 2.24) is 0 Å². The standard InChI is InChI=1S/C11H10O4/c1-5-6(2)15-10-4-8(11(13)14)9(12)3-7(5)10/h3-4,12H,1-2H3,(H,13,14). The van der Waals surface area contributed by atoms with Crippen molar-refractivity contribution in [3.8, 4) is 5.75 Å². The molecule has 0 aliphatic heterocycles. The first-order valence-electron chi connectivity index (χ1n) is 4.46. The molecular weight excluding hydrogens is 196 g/mol. The number of benzene rings is 1. The van der Waals surface area contributed by atoms with Gasteiger partial charge in [-0.3, -0.25) is 0 Å². The Bertz CT molecular complexity index is 551. The Balaban J connectivity index is 2.82. The Hall–Kier alpha value is -1.97. The summed E-state index contributed by atoms with van der Waals surface area (Å²) in [5, 5.41) is 19.0. The molecular formula is C11H10O4. The third-order valence-electron chi connectivity index (χ3n) is 2.52. The van der Waals surface area contributed by atoms with Crippen LogP contribution in [0.25, 0.3) is 11.0 Å². The van der Waals surface area contributed by atoms with Crippen molar-refractivity contribution < 1.29 is 19.4 Å². The van der Waals surface area contributed by atoms with E-state index in [-0.39, 0.29) is 11.3 Å². The minimum atomic E-state index is -1.17. The molecule has 0 amide bonds. The van der Waals surface area contributed by atoms with Crippen LogP contribution in [-0.4, -0.2) is 16.2 Å². The van der Waals surface area contributed by atoms with Crippen molar-refractivity contribution in [2.75, 3.05) is 0 Å². The lowest BCUT2D eigenvalue weighted by molar-refractivity contribution is 0.0694. The third-order valence-corrected chi connectivity index (χ3v) is 2.52. The molecule has 78 valence electrons. The molecule has 1 aromatic carbocycles. The summed E-state index contributed by atoms with van der Waals surface area (Å²) in [4.78, 5) is 10.8. The number of rotatable bonds is 1. The van der Waals surface area contributed by atoms with Crippen LogP contribution in [0.3, 0.4) is 0 Å². The summed E-state index contributed by atoms with van der Waals surface area (Å²) in [6, 6.07) is 2.76. The maximum atomic E-state index is 10.8. The summed E-state index contributed by atoms with van der Waals surface area (Å²) in [7, 11) is 0. The van der Waals surface area contributed by atoms with E-state index in [1.807, 2.05) is 6.92 Å². The highest BCUT2D eigenvalue weighted by Crippen LogP contribution is 2.30. The number of phenols is 1. The number of hydrogen-bond donors (Lipinski definition) is 2. The third kappa shape index (κ3) is 1.34. The van der Waals surface area contributed by atoms with E-state index >= 15 is 0 Å². The molecule has 0 saturated carbocycles. The summed E-state index contributed by atoms with van der Waals surface area (Å²) < 4.78 is 5.37. The average molecular weight is 206 g/mol. The van der Waals surface area contributed by atoms with Gasteiger partial charge in [0.25, 0.3) is 0 Å². The fourth-order valence-electron chi connectivity index (χ4n) is 1.55. The average Bonchev–Trinajstić information content (AvgIpc) is 2.43. The number of carbonyl (C=O) groups is 1. The van der Waals surface area contributed by atoms with Crippen LogP contribution < -0.4 is 0 Å². The van der Waals surface area contributed by atoms with Crippen molar-refractivity contribution in [2.24, 2.45) is 0 Å². The van der Waals surface area contributed by atoms with Crippen LogP contribution in [0.1, 0.15) is 21.7 Å². The molecule has 0 aliphatic carbocycles. The van der Waals surface area contributed by atoms with Crippen molar-refractivity contribution in [3.05, 3.63) is 29.0 Å². The molecule has 1 heterocycles. The van der Waals surface area contributed by atoms with Crippen LogP contribution in [0.5, 0.6) is 5.75 Å². The van der Waals surface area contributed by atoms with Crippen LogP contribution in [0.15, 0.2) is 16.5 Å². The fraction of sp³-hybridized carbons (Fsp3) is 0.182. The number of carboxylic acid groups (broad SMARTS) is 1. The summed E-state index contributed by atoms with van der Waals surface area (Å²) in [5.41, 5.74) is 1.26. The lowest BCUT2D eigenvalue weighted by Crippen LogP contribution is -1.95. The van der Waals surface area contributed by atoms with Crippen molar-refractivity contribution >= 4 is 16.9 Å². The van der Waals surface area contributed by atoms with Gasteiger partial charge in [0, 0.05) is 5.39 Å². The number of aryl methyl sites for hydroxylation is 2. The molecule has 0 unspecified atom stereocenters. The quantitative estimate of drug-likeness (QED) is 0.751. The van der Waals surface area contributed by atoms with Gasteiger partial charge in [-0.15, -0.1) is 0 Å².